The summed E-state index contributed by atoms with van der Waals surface area (Å²) >= 11 is 0. The van der Waals surface area contributed by atoms with Crippen LogP contribution in [0.5, 0.6) is 0 Å². The molecule has 80 valence electrons. The molecule has 0 saturated heterocycles. The van der Waals surface area contributed by atoms with Crippen molar-refractivity contribution in [2.45, 2.75) is 61.4 Å². The second-order valence-corrected chi connectivity index (χ2v) is 6.82. The van der Waals surface area contributed by atoms with E-state index in [1.165, 1.54) is 0 Å². The fourth-order valence-electron chi connectivity index (χ4n) is 1.55. The van der Waals surface area contributed by atoms with E-state index in [1.807, 2.05) is 0 Å². The van der Waals surface area contributed by atoms with Crippen LogP contribution in [0.3, 0.4) is 0 Å². The molecular formula is C12H27N. The highest BCUT2D eigenvalue weighted by molar-refractivity contribution is 4.96. The Bertz CT molecular complexity index is 167. The van der Waals surface area contributed by atoms with E-state index in [4.69, 9.17) is 5.73 Å². The quantitative estimate of drug-likeness (QED) is 0.665. The van der Waals surface area contributed by atoms with Crippen molar-refractivity contribution in [3.05, 3.63) is 0 Å². The minimum absolute atomic E-state index is 0.158. The Balaban J connectivity index is 4.86. The lowest BCUT2D eigenvalue weighted by Crippen LogP contribution is -2.52. The normalized spacial score (nSPS) is 17.3. The molecule has 1 atom stereocenters. The Morgan fingerprint density at radius 1 is 0.769 bits per heavy atom. The van der Waals surface area contributed by atoms with Crippen LogP contribution in [0.15, 0.2) is 0 Å². The maximum atomic E-state index is 6.31. The van der Waals surface area contributed by atoms with E-state index in [1.54, 1.807) is 0 Å². The summed E-state index contributed by atoms with van der Waals surface area (Å²) in [6, 6.07) is 0.222. The Morgan fingerprint density at radius 3 is 1.15 bits per heavy atom. The van der Waals surface area contributed by atoms with Gasteiger partial charge in [-0.1, -0.05) is 55.4 Å². The molecule has 1 heteroatoms. The second-order valence-electron chi connectivity index (χ2n) is 6.82. The van der Waals surface area contributed by atoms with Crippen LogP contribution in [0.4, 0.5) is 0 Å². The minimum Gasteiger partial charge on any atom is -0.327 e. The van der Waals surface area contributed by atoms with Crippen LogP contribution in [0, 0.1) is 16.2 Å². The van der Waals surface area contributed by atoms with Gasteiger partial charge in [0.25, 0.3) is 0 Å². The number of nitrogens with two attached hydrogens (primary N) is 1. The summed E-state index contributed by atoms with van der Waals surface area (Å²) in [5, 5.41) is 0. The van der Waals surface area contributed by atoms with E-state index < -0.39 is 0 Å². The molecule has 0 fully saturated rings. The Hall–Kier alpha value is -0.0400. The predicted molar refractivity (Wildman–Crippen MR) is 60.7 cm³/mol. The summed E-state index contributed by atoms with van der Waals surface area (Å²) in [4.78, 5) is 0. The highest BCUT2D eigenvalue weighted by atomic mass is 14.7. The van der Waals surface area contributed by atoms with Gasteiger partial charge in [-0.05, 0) is 16.2 Å². The summed E-state index contributed by atoms with van der Waals surface area (Å²) in [5.74, 6) is 0. The van der Waals surface area contributed by atoms with Crippen molar-refractivity contribution in [2.24, 2.45) is 22.0 Å². The van der Waals surface area contributed by atoms with Gasteiger partial charge in [-0.25, -0.2) is 0 Å². The van der Waals surface area contributed by atoms with Gasteiger partial charge in [0.15, 0.2) is 0 Å². The van der Waals surface area contributed by atoms with E-state index in [0.29, 0.717) is 0 Å². The lowest BCUT2D eigenvalue weighted by atomic mass is 9.59. The SMILES string of the molecule is CC(C)(C)C(N)C(C)(C)C(C)(C)C. The van der Waals surface area contributed by atoms with Crippen molar-refractivity contribution in [3.8, 4) is 0 Å². The van der Waals surface area contributed by atoms with Crippen LogP contribution in [-0.4, -0.2) is 6.04 Å². The summed E-state index contributed by atoms with van der Waals surface area (Å²) in [5.41, 5.74) is 6.90. The zero-order valence-corrected chi connectivity index (χ0v) is 10.7. The maximum Gasteiger partial charge on any atom is 0.0144 e. The molecule has 0 saturated carbocycles. The first-order chi connectivity index (χ1) is 5.40. The van der Waals surface area contributed by atoms with Gasteiger partial charge in [0.1, 0.15) is 0 Å². The van der Waals surface area contributed by atoms with Gasteiger partial charge in [0.2, 0.25) is 0 Å². The minimum atomic E-state index is 0.158. The summed E-state index contributed by atoms with van der Waals surface area (Å²) < 4.78 is 0. The van der Waals surface area contributed by atoms with Gasteiger partial charge in [-0.15, -0.1) is 0 Å². The van der Waals surface area contributed by atoms with Gasteiger partial charge in [-0.2, -0.15) is 0 Å². The lowest BCUT2D eigenvalue weighted by Gasteiger charge is -2.48. The molecule has 0 aromatic carbocycles. The average Bonchev–Trinajstić information content (AvgIpc) is 1.81. The van der Waals surface area contributed by atoms with E-state index in [0.717, 1.165) is 0 Å². The van der Waals surface area contributed by atoms with Gasteiger partial charge in [0.05, 0.1) is 0 Å². The van der Waals surface area contributed by atoms with Gasteiger partial charge in [-0.3, -0.25) is 0 Å². The third-order valence-corrected chi connectivity index (χ3v) is 3.64. The molecule has 0 aliphatic rings. The van der Waals surface area contributed by atoms with Gasteiger partial charge >= 0.3 is 0 Å². The molecule has 0 bridgehead atoms. The number of hydrogen-bond acceptors (Lipinski definition) is 1. The molecular weight excluding hydrogens is 158 g/mol. The van der Waals surface area contributed by atoms with Crippen molar-refractivity contribution in [1.29, 1.82) is 0 Å². The molecule has 0 radical (unpaired) electrons. The molecule has 1 unspecified atom stereocenters. The van der Waals surface area contributed by atoms with Crippen molar-refractivity contribution < 1.29 is 0 Å². The molecule has 0 aromatic rings. The molecule has 0 amide bonds. The Kier molecular flexibility index (Phi) is 3.26. The Labute approximate surface area is 84.1 Å². The monoisotopic (exact) mass is 185 g/mol. The summed E-state index contributed by atoms with van der Waals surface area (Å²) in [7, 11) is 0. The standard InChI is InChI=1S/C12H27N/c1-10(2,3)9(13)12(7,8)11(4,5)6/h9H,13H2,1-8H3. The Morgan fingerprint density at radius 2 is 1.08 bits per heavy atom. The molecule has 2 N–H and O–H groups in total. The molecule has 0 aliphatic carbocycles. The van der Waals surface area contributed by atoms with Crippen molar-refractivity contribution >= 4 is 0 Å². The predicted octanol–water partition coefficient (Wildman–Crippen LogP) is 3.43. The lowest BCUT2D eigenvalue weighted by molar-refractivity contribution is 0.0443. The molecule has 13 heavy (non-hydrogen) atoms. The highest BCUT2D eigenvalue weighted by Crippen LogP contribution is 2.44. The molecule has 0 aliphatic heterocycles. The first-order valence-electron chi connectivity index (χ1n) is 5.16. The van der Waals surface area contributed by atoms with E-state index in [2.05, 4.69) is 55.4 Å². The van der Waals surface area contributed by atoms with Crippen LogP contribution in [0.25, 0.3) is 0 Å². The van der Waals surface area contributed by atoms with Gasteiger partial charge in [0, 0.05) is 6.04 Å². The van der Waals surface area contributed by atoms with Crippen LogP contribution in [0.2, 0.25) is 0 Å². The summed E-state index contributed by atoms with van der Waals surface area (Å²) in [6.07, 6.45) is 0. The zero-order chi connectivity index (χ0) is 11.1. The smallest absolute Gasteiger partial charge is 0.0144 e. The fourth-order valence-corrected chi connectivity index (χ4v) is 1.55. The van der Waals surface area contributed by atoms with Crippen LogP contribution in [0.1, 0.15) is 55.4 Å². The van der Waals surface area contributed by atoms with Crippen LogP contribution < -0.4 is 5.73 Å². The zero-order valence-electron chi connectivity index (χ0n) is 10.7. The number of hydrogen-bond donors (Lipinski definition) is 1. The highest BCUT2D eigenvalue weighted by Gasteiger charge is 2.42. The topological polar surface area (TPSA) is 26.0 Å². The first kappa shape index (κ1) is 13.0. The fraction of sp³-hybridized carbons (Fsp3) is 1.00. The van der Waals surface area contributed by atoms with Gasteiger partial charge < -0.3 is 5.73 Å². The third-order valence-electron chi connectivity index (χ3n) is 3.64. The maximum absolute atomic E-state index is 6.31. The molecule has 0 rings (SSSR count). The van der Waals surface area contributed by atoms with Crippen molar-refractivity contribution in [3.63, 3.8) is 0 Å². The third kappa shape index (κ3) is 2.70. The van der Waals surface area contributed by atoms with Crippen molar-refractivity contribution in [2.75, 3.05) is 0 Å². The molecule has 0 heterocycles. The first-order valence-corrected chi connectivity index (χ1v) is 5.16. The second kappa shape index (κ2) is 3.27. The van der Waals surface area contributed by atoms with Crippen LogP contribution in [-0.2, 0) is 0 Å². The van der Waals surface area contributed by atoms with Crippen LogP contribution >= 0.6 is 0 Å². The molecule has 0 aromatic heterocycles. The van der Waals surface area contributed by atoms with E-state index in [-0.39, 0.29) is 22.3 Å². The molecule has 0 spiro atoms. The van der Waals surface area contributed by atoms with Crippen molar-refractivity contribution in [1.82, 2.24) is 0 Å². The largest absolute Gasteiger partial charge is 0.327 e. The molecule has 1 nitrogen and oxygen atoms in total. The average molecular weight is 185 g/mol. The summed E-state index contributed by atoms with van der Waals surface area (Å²) in [6.45, 7) is 18.0. The van der Waals surface area contributed by atoms with E-state index >= 15 is 0 Å². The number of rotatable bonds is 1. The van der Waals surface area contributed by atoms with E-state index in [9.17, 15) is 0 Å².